The Bertz CT molecular complexity index is 656. The van der Waals surface area contributed by atoms with E-state index in [1.807, 2.05) is 0 Å². The lowest BCUT2D eigenvalue weighted by atomic mass is 10.0. The number of hydrogen-bond donors (Lipinski definition) is 4. The highest BCUT2D eigenvalue weighted by molar-refractivity contribution is 6.36. The average molecular weight is 324 g/mol. The lowest BCUT2D eigenvalue weighted by Gasteiger charge is -2.30. The quantitative estimate of drug-likeness (QED) is 0.322. The van der Waals surface area contributed by atoms with E-state index in [0.29, 0.717) is 11.3 Å². The highest BCUT2D eigenvalue weighted by Crippen LogP contribution is 2.21. The molecule has 10 nitrogen and oxygen atoms in total. The SMILES string of the molecule is Cc1ccc([N+](=O)[O-])cc1NNC1=NC(CO)(CO)COC1=O. The number of carbonyl (C=O) groups excluding carboxylic acids is 1. The van der Waals surface area contributed by atoms with Crippen LogP contribution in [0.3, 0.4) is 0 Å². The van der Waals surface area contributed by atoms with Crippen molar-refractivity contribution in [2.24, 2.45) is 4.99 Å². The number of nitro benzene ring substituents is 1. The van der Waals surface area contributed by atoms with Crippen LogP contribution in [0.4, 0.5) is 11.4 Å². The summed E-state index contributed by atoms with van der Waals surface area (Å²) >= 11 is 0. The van der Waals surface area contributed by atoms with E-state index >= 15 is 0 Å². The van der Waals surface area contributed by atoms with Gasteiger partial charge >= 0.3 is 5.97 Å². The molecule has 0 saturated carbocycles. The number of aryl methyl sites for hydroxylation is 1. The Kier molecular flexibility index (Phi) is 4.77. The lowest BCUT2D eigenvalue weighted by Crippen LogP contribution is -2.51. The van der Waals surface area contributed by atoms with E-state index < -0.39 is 29.6 Å². The number of hydrazine groups is 1. The molecule has 2 rings (SSSR count). The smallest absolute Gasteiger partial charge is 0.375 e. The summed E-state index contributed by atoms with van der Waals surface area (Å²) in [5, 5.41) is 29.4. The van der Waals surface area contributed by atoms with Gasteiger partial charge in [-0.15, -0.1) is 0 Å². The highest BCUT2D eigenvalue weighted by atomic mass is 16.6. The van der Waals surface area contributed by atoms with Gasteiger partial charge in [0.2, 0.25) is 5.84 Å². The maximum Gasteiger partial charge on any atom is 0.375 e. The number of carbonyl (C=O) groups is 1. The molecule has 1 aromatic rings. The number of hydrogen-bond acceptors (Lipinski definition) is 9. The molecule has 0 aliphatic carbocycles. The first kappa shape index (κ1) is 16.6. The van der Waals surface area contributed by atoms with E-state index in [9.17, 15) is 25.1 Å². The third-order valence-electron chi connectivity index (χ3n) is 3.35. The van der Waals surface area contributed by atoms with Crippen LogP contribution in [-0.2, 0) is 9.53 Å². The first-order valence-electron chi connectivity index (χ1n) is 6.66. The molecule has 124 valence electrons. The molecule has 1 heterocycles. The summed E-state index contributed by atoms with van der Waals surface area (Å²) in [7, 11) is 0. The van der Waals surface area contributed by atoms with Crippen LogP contribution in [-0.4, -0.2) is 52.3 Å². The molecule has 0 fully saturated rings. The molecule has 23 heavy (non-hydrogen) atoms. The van der Waals surface area contributed by atoms with Crippen LogP contribution in [0.1, 0.15) is 5.56 Å². The van der Waals surface area contributed by atoms with Crippen molar-refractivity contribution in [1.82, 2.24) is 5.43 Å². The molecule has 0 spiro atoms. The van der Waals surface area contributed by atoms with Gasteiger partial charge in [-0.05, 0) is 12.5 Å². The standard InChI is InChI=1S/C13H16N4O6/c1-8-2-3-9(17(21)22)4-10(8)15-16-11-12(20)23-7-13(5-18,6-19)14-11/h2-4,15,18-19H,5-7H2,1H3,(H,14,16). The molecule has 1 aliphatic rings. The zero-order valence-corrected chi connectivity index (χ0v) is 12.3. The fourth-order valence-corrected chi connectivity index (χ4v) is 1.86. The van der Waals surface area contributed by atoms with Gasteiger partial charge in [0.05, 0.1) is 23.8 Å². The van der Waals surface area contributed by atoms with Crippen LogP contribution in [0.5, 0.6) is 0 Å². The number of anilines is 1. The number of aliphatic hydroxyl groups excluding tert-OH is 2. The van der Waals surface area contributed by atoms with Crippen molar-refractivity contribution in [2.75, 3.05) is 25.2 Å². The van der Waals surface area contributed by atoms with Crippen molar-refractivity contribution in [3.8, 4) is 0 Å². The highest BCUT2D eigenvalue weighted by Gasteiger charge is 2.36. The van der Waals surface area contributed by atoms with Crippen LogP contribution < -0.4 is 10.9 Å². The molecule has 0 amide bonds. The second-order valence-electron chi connectivity index (χ2n) is 5.08. The number of nitrogens with zero attached hydrogens (tertiary/aromatic N) is 2. The van der Waals surface area contributed by atoms with Gasteiger partial charge < -0.3 is 14.9 Å². The van der Waals surface area contributed by atoms with E-state index in [1.54, 1.807) is 13.0 Å². The summed E-state index contributed by atoms with van der Waals surface area (Å²) in [5.74, 6) is -1.01. The van der Waals surface area contributed by atoms with Crippen LogP contribution in [0.15, 0.2) is 23.2 Å². The Morgan fingerprint density at radius 1 is 1.39 bits per heavy atom. The molecule has 0 aromatic heterocycles. The molecular formula is C13H16N4O6. The molecular weight excluding hydrogens is 308 g/mol. The van der Waals surface area contributed by atoms with E-state index in [-0.39, 0.29) is 18.1 Å². The monoisotopic (exact) mass is 324 g/mol. The molecule has 1 aromatic carbocycles. The Hall–Kier alpha value is -2.72. The van der Waals surface area contributed by atoms with Crippen molar-refractivity contribution in [3.05, 3.63) is 33.9 Å². The summed E-state index contributed by atoms with van der Waals surface area (Å²) in [6, 6.07) is 4.20. The van der Waals surface area contributed by atoms with Crippen molar-refractivity contribution in [2.45, 2.75) is 12.5 Å². The molecule has 4 N–H and O–H groups in total. The van der Waals surface area contributed by atoms with Crippen LogP contribution in [0.25, 0.3) is 0 Å². The largest absolute Gasteiger partial charge is 0.457 e. The fraction of sp³-hybridized carbons (Fsp3) is 0.385. The molecule has 0 radical (unpaired) electrons. The Morgan fingerprint density at radius 2 is 2.09 bits per heavy atom. The Morgan fingerprint density at radius 3 is 2.70 bits per heavy atom. The average Bonchev–Trinajstić information content (AvgIpc) is 2.55. The van der Waals surface area contributed by atoms with E-state index in [2.05, 4.69) is 15.8 Å². The second kappa shape index (κ2) is 6.58. The van der Waals surface area contributed by atoms with Crippen molar-refractivity contribution >= 4 is 23.2 Å². The number of nitro groups is 1. The lowest BCUT2D eigenvalue weighted by molar-refractivity contribution is -0.384. The minimum Gasteiger partial charge on any atom is -0.457 e. The third kappa shape index (κ3) is 3.55. The molecule has 10 heteroatoms. The zero-order valence-electron chi connectivity index (χ0n) is 12.3. The minimum atomic E-state index is -1.31. The summed E-state index contributed by atoms with van der Waals surface area (Å²) in [6.45, 7) is 0.482. The number of amidine groups is 1. The summed E-state index contributed by atoms with van der Waals surface area (Å²) in [6.07, 6.45) is 0. The van der Waals surface area contributed by atoms with Crippen LogP contribution in [0, 0.1) is 17.0 Å². The van der Waals surface area contributed by atoms with Gasteiger partial charge in [0, 0.05) is 12.1 Å². The normalized spacial score (nSPS) is 16.3. The molecule has 0 unspecified atom stereocenters. The number of cyclic esters (lactones) is 1. The maximum absolute atomic E-state index is 11.7. The molecule has 1 aliphatic heterocycles. The van der Waals surface area contributed by atoms with Crippen LogP contribution in [0.2, 0.25) is 0 Å². The minimum absolute atomic E-state index is 0.117. The number of rotatable bonds is 5. The fourth-order valence-electron chi connectivity index (χ4n) is 1.86. The number of non-ortho nitro benzene ring substituents is 1. The van der Waals surface area contributed by atoms with Crippen LogP contribution >= 0.6 is 0 Å². The third-order valence-corrected chi connectivity index (χ3v) is 3.35. The number of benzene rings is 1. The second-order valence-corrected chi connectivity index (χ2v) is 5.08. The summed E-state index contributed by atoms with van der Waals surface area (Å²) in [5.41, 5.74) is 4.79. The van der Waals surface area contributed by atoms with Crippen molar-refractivity contribution in [3.63, 3.8) is 0 Å². The first-order valence-corrected chi connectivity index (χ1v) is 6.66. The van der Waals surface area contributed by atoms with E-state index in [0.717, 1.165) is 0 Å². The van der Waals surface area contributed by atoms with E-state index in [1.165, 1.54) is 12.1 Å². The Labute approximate surface area is 130 Å². The van der Waals surface area contributed by atoms with Gasteiger partial charge in [-0.3, -0.25) is 21.0 Å². The number of aliphatic hydroxyl groups is 2. The summed E-state index contributed by atoms with van der Waals surface area (Å²) < 4.78 is 4.87. The predicted octanol–water partition coefficient (Wildman–Crippen LogP) is -0.502. The Balaban J connectivity index is 2.19. The molecule has 0 saturated heterocycles. The number of aliphatic imine (C=N–C) groups is 1. The van der Waals surface area contributed by atoms with Gasteiger partial charge in [0.1, 0.15) is 12.1 Å². The van der Waals surface area contributed by atoms with Gasteiger partial charge in [-0.2, -0.15) is 0 Å². The number of nitrogens with one attached hydrogen (secondary N) is 2. The van der Waals surface area contributed by atoms with Gasteiger partial charge in [-0.1, -0.05) is 6.07 Å². The number of ether oxygens (including phenoxy) is 1. The van der Waals surface area contributed by atoms with Gasteiger partial charge in [0.25, 0.3) is 5.69 Å². The maximum atomic E-state index is 11.7. The number of esters is 1. The molecule has 0 atom stereocenters. The van der Waals surface area contributed by atoms with Crippen molar-refractivity contribution < 1.29 is 24.7 Å². The van der Waals surface area contributed by atoms with Gasteiger partial charge in [0.15, 0.2) is 0 Å². The topological polar surface area (TPSA) is 146 Å². The molecule has 0 bridgehead atoms. The summed E-state index contributed by atoms with van der Waals surface area (Å²) in [4.78, 5) is 25.9. The van der Waals surface area contributed by atoms with E-state index in [4.69, 9.17) is 4.74 Å². The first-order chi connectivity index (χ1) is 10.9. The van der Waals surface area contributed by atoms with Crippen molar-refractivity contribution in [1.29, 1.82) is 0 Å². The van der Waals surface area contributed by atoms with Gasteiger partial charge in [-0.25, -0.2) is 9.79 Å². The zero-order chi connectivity index (χ0) is 17.0. The predicted molar refractivity (Wildman–Crippen MR) is 79.9 cm³/mol.